The van der Waals surface area contributed by atoms with Crippen molar-refractivity contribution in [3.63, 3.8) is 0 Å². The molecule has 5 N–H and O–H groups in total. The van der Waals surface area contributed by atoms with Gasteiger partial charge in [-0.1, -0.05) is 0 Å². The van der Waals surface area contributed by atoms with Crippen LogP contribution in [0.5, 0.6) is 28.7 Å². The molecule has 0 aliphatic carbocycles. The smallest absolute Gasteiger partial charge is 0.272 e. The zero-order chi connectivity index (χ0) is 15.9. The van der Waals surface area contributed by atoms with Crippen LogP contribution in [0.25, 0.3) is 0 Å². The van der Waals surface area contributed by atoms with Gasteiger partial charge >= 0.3 is 0 Å². The molecule has 0 aromatic heterocycles. The number of phenols is 3. The standard InChI is InChI=1S/C15H14O7/c16-8-1-3-10-13(5-8)21-7-15(20,14(10)19)22-9-2-4-11(17)12(18)6-9/h1-6,14,16-20H,7H2/t14-,15-/m0/s1. The first-order valence-electron chi connectivity index (χ1n) is 6.46. The highest BCUT2D eigenvalue weighted by Crippen LogP contribution is 2.41. The fourth-order valence-electron chi connectivity index (χ4n) is 2.23. The third-order valence-corrected chi connectivity index (χ3v) is 3.39. The molecule has 2 aromatic carbocycles. The maximum atomic E-state index is 10.5. The van der Waals surface area contributed by atoms with Crippen molar-refractivity contribution < 1.29 is 35.0 Å². The van der Waals surface area contributed by atoms with E-state index >= 15 is 0 Å². The highest BCUT2D eigenvalue weighted by Gasteiger charge is 2.45. The van der Waals surface area contributed by atoms with Crippen molar-refractivity contribution in [3.8, 4) is 28.7 Å². The number of aliphatic hydroxyl groups is 2. The second-order valence-corrected chi connectivity index (χ2v) is 5.01. The van der Waals surface area contributed by atoms with Gasteiger partial charge in [-0.2, -0.15) is 0 Å². The van der Waals surface area contributed by atoms with E-state index in [1.54, 1.807) is 0 Å². The summed E-state index contributed by atoms with van der Waals surface area (Å²) < 4.78 is 10.6. The number of benzene rings is 2. The van der Waals surface area contributed by atoms with E-state index in [1.807, 2.05) is 0 Å². The van der Waals surface area contributed by atoms with Gasteiger partial charge in [0.1, 0.15) is 17.2 Å². The van der Waals surface area contributed by atoms with Gasteiger partial charge in [0, 0.05) is 17.7 Å². The number of phenolic OH excluding ortho intramolecular Hbond substituents is 3. The van der Waals surface area contributed by atoms with E-state index in [4.69, 9.17) is 9.47 Å². The average Bonchev–Trinajstić information content (AvgIpc) is 2.47. The van der Waals surface area contributed by atoms with E-state index in [0.717, 1.165) is 6.07 Å². The summed E-state index contributed by atoms with van der Waals surface area (Å²) in [6.07, 6.45) is -1.42. The molecule has 0 bridgehead atoms. The summed E-state index contributed by atoms with van der Waals surface area (Å²) in [5.74, 6) is -2.57. The van der Waals surface area contributed by atoms with E-state index in [-0.39, 0.29) is 35.2 Å². The summed E-state index contributed by atoms with van der Waals surface area (Å²) in [6, 6.07) is 7.71. The Morgan fingerprint density at radius 1 is 1.05 bits per heavy atom. The third kappa shape index (κ3) is 2.36. The Morgan fingerprint density at radius 2 is 1.82 bits per heavy atom. The van der Waals surface area contributed by atoms with E-state index in [2.05, 4.69) is 0 Å². The Balaban J connectivity index is 1.90. The molecule has 0 amide bonds. The summed E-state index contributed by atoms with van der Waals surface area (Å²) in [5, 5.41) is 48.9. The monoisotopic (exact) mass is 306 g/mol. The Bertz CT molecular complexity index is 715. The normalized spacial score (nSPS) is 23.5. The molecular formula is C15H14O7. The van der Waals surface area contributed by atoms with Crippen LogP contribution in [0.4, 0.5) is 0 Å². The lowest BCUT2D eigenvalue weighted by molar-refractivity contribution is -0.232. The van der Waals surface area contributed by atoms with Crippen molar-refractivity contribution in [2.24, 2.45) is 0 Å². The molecule has 2 aromatic rings. The molecule has 116 valence electrons. The molecule has 7 nitrogen and oxygen atoms in total. The molecule has 7 heteroatoms. The van der Waals surface area contributed by atoms with Gasteiger partial charge in [0.25, 0.3) is 5.79 Å². The lowest BCUT2D eigenvalue weighted by Gasteiger charge is -2.37. The van der Waals surface area contributed by atoms with Crippen molar-refractivity contribution in [1.29, 1.82) is 0 Å². The Kier molecular flexibility index (Phi) is 3.23. The zero-order valence-electron chi connectivity index (χ0n) is 11.3. The van der Waals surface area contributed by atoms with Crippen LogP contribution in [0.3, 0.4) is 0 Å². The van der Waals surface area contributed by atoms with Gasteiger partial charge in [0.05, 0.1) is 0 Å². The van der Waals surface area contributed by atoms with Crippen LogP contribution in [-0.2, 0) is 0 Å². The van der Waals surface area contributed by atoms with E-state index in [1.165, 1.54) is 30.3 Å². The van der Waals surface area contributed by atoms with Gasteiger partial charge in [-0.05, 0) is 24.3 Å². The number of aliphatic hydroxyl groups excluding tert-OH is 1. The number of hydrogen-bond donors (Lipinski definition) is 5. The molecule has 0 spiro atoms. The topological polar surface area (TPSA) is 120 Å². The van der Waals surface area contributed by atoms with Gasteiger partial charge in [-0.25, -0.2) is 0 Å². The van der Waals surface area contributed by atoms with Crippen molar-refractivity contribution in [2.45, 2.75) is 11.9 Å². The highest BCUT2D eigenvalue weighted by molar-refractivity contribution is 5.45. The van der Waals surface area contributed by atoms with Crippen LogP contribution in [0, 0.1) is 0 Å². The van der Waals surface area contributed by atoms with Crippen molar-refractivity contribution in [2.75, 3.05) is 6.61 Å². The highest BCUT2D eigenvalue weighted by atomic mass is 16.7. The first kappa shape index (κ1) is 14.3. The first-order chi connectivity index (χ1) is 10.4. The number of ether oxygens (including phenoxy) is 2. The molecule has 1 aliphatic rings. The van der Waals surface area contributed by atoms with Crippen LogP contribution < -0.4 is 9.47 Å². The first-order valence-corrected chi connectivity index (χ1v) is 6.46. The molecule has 0 radical (unpaired) electrons. The molecule has 2 atom stereocenters. The Morgan fingerprint density at radius 3 is 2.55 bits per heavy atom. The van der Waals surface area contributed by atoms with Crippen LogP contribution in [-0.4, -0.2) is 37.9 Å². The van der Waals surface area contributed by atoms with Crippen molar-refractivity contribution in [1.82, 2.24) is 0 Å². The maximum absolute atomic E-state index is 10.5. The summed E-state index contributed by atoms with van der Waals surface area (Å²) in [4.78, 5) is 0. The molecule has 1 aliphatic heterocycles. The molecule has 0 saturated heterocycles. The van der Waals surface area contributed by atoms with Crippen LogP contribution in [0.2, 0.25) is 0 Å². The quantitative estimate of drug-likeness (QED) is 0.414. The van der Waals surface area contributed by atoms with Crippen molar-refractivity contribution in [3.05, 3.63) is 42.0 Å². The van der Waals surface area contributed by atoms with E-state index in [9.17, 15) is 25.5 Å². The molecule has 0 saturated carbocycles. The summed E-state index contributed by atoms with van der Waals surface area (Å²) in [5.41, 5.74) is 0.259. The van der Waals surface area contributed by atoms with Gasteiger partial charge in [0.2, 0.25) is 0 Å². The molecule has 0 fully saturated rings. The van der Waals surface area contributed by atoms with Gasteiger partial charge in [-0.15, -0.1) is 0 Å². The summed E-state index contributed by atoms with van der Waals surface area (Å²) in [6.45, 7) is -0.383. The van der Waals surface area contributed by atoms with Crippen molar-refractivity contribution >= 4 is 0 Å². The van der Waals surface area contributed by atoms with Crippen LogP contribution in [0.15, 0.2) is 36.4 Å². The van der Waals surface area contributed by atoms with Crippen LogP contribution in [0.1, 0.15) is 11.7 Å². The minimum absolute atomic E-state index is 0.0271. The zero-order valence-corrected chi connectivity index (χ0v) is 11.3. The minimum atomic E-state index is -2.08. The third-order valence-electron chi connectivity index (χ3n) is 3.39. The minimum Gasteiger partial charge on any atom is -0.508 e. The second kappa shape index (κ2) is 4.97. The van der Waals surface area contributed by atoms with Gasteiger partial charge in [0.15, 0.2) is 24.2 Å². The molecular weight excluding hydrogens is 292 g/mol. The van der Waals surface area contributed by atoms with Gasteiger partial charge in [-0.3, -0.25) is 0 Å². The molecule has 22 heavy (non-hydrogen) atoms. The predicted octanol–water partition coefficient (Wildman–Crippen LogP) is 0.997. The lowest BCUT2D eigenvalue weighted by atomic mass is 9.98. The van der Waals surface area contributed by atoms with Gasteiger partial charge < -0.3 is 35.0 Å². The second-order valence-electron chi connectivity index (χ2n) is 5.01. The van der Waals surface area contributed by atoms with E-state index < -0.39 is 17.6 Å². The Hall–Kier alpha value is -2.64. The Labute approximate surface area is 125 Å². The fraction of sp³-hybridized carbons (Fsp3) is 0.200. The largest absolute Gasteiger partial charge is 0.508 e. The fourth-order valence-corrected chi connectivity index (χ4v) is 2.23. The molecule has 1 heterocycles. The van der Waals surface area contributed by atoms with Crippen LogP contribution >= 0.6 is 0 Å². The van der Waals surface area contributed by atoms with E-state index in [0.29, 0.717) is 0 Å². The number of aromatic hydroxyl groups is 3. The lowest BCUT2D eigenvalue weighted by Crippen LogP contribution is -2.50. The number of fused-ring (bicyclic) bond motifs is 1. The average molecular weight is 306 g/mol. The SMILES string of the molecule is Oc1ccc2c(c1)OC[C@](O)(Oc1ccc(O)c(O)c1)[C@H]2O. The summed E-state index contributed by atoms with van der Waals surface area (Å²) in [7, 11) is 0. The number of rotatable bonds is 2. The maximum Gasteiger partial charge on any atom is 0.272 e. The predicted molar refractivity (Wildman–Crippen MR) is 73.9 cm³/mol. The molecule has 3 rings (SSSR count). The summed E-state index contributed by atoms with van der Waals surface area (Å²) >= 11 is 0. The molecule has 0 unspecified atom stereocenters. The number of hydrogen-bond acceptors (Lipinski definition) is 7.